The first-order valence-corrected chi connectivity index (χ1v) is 11.5. The zero-order chi connectivity index (χ0) is 26.0. The van der Waals surface area contributed by atoms with Gasteiger partial charge in [-0.2, -0.15) is 8.42 Å². The Bertz CT molecular complexity index is 1650. The highest BCUT2D eigenvalue weighted by atomic mass is 32.2. The summed E-state index contributed by atoms with van der Waals surface area (Å²) in [6.45, 7) is 0. The maximum Gasteiger partial charge on any atom is 0.295 e. The summed E-state index contributed by atoms with van der Waals surface area (Å²) in [5.74, 6) is -1.56. The number of non-ortho nitro benzene ring substituents is 1. The normalized spacial score (nSPS) is 11.6. The molecular weight excluding hydrogens is 492 g/mol. The number of phenolic OH excluding ortho intramolecular Hbond substituents is 2. The molecule has 13 heteroatoms. The van der Waals surface area contributed by atoms with Gasteiger partial charge >= 0.3 is 0 Å². The number of aromatic hydroxyl groups is 2. The molecule has 0 spiro atoms. The number of nitro groups is 1. The maximum absolute atomic E-state index is 12.7. The van der Waals surface area contributed by atoms with Gasteiger partial charge in [0.2, 0.25) is 0 Å². The molecule has 0 aliphatic carbocycles. The molecule has 0 aromatic heterocycles. The molecule has 0 heterocycles. The quantitative estimate of drug-likeness (QED) is 0.120. The second kappa shape index (κ2) is 9.40. The number of benzene rings is 4. The summed E-state index contributed by atoms with van der Waals surface area (Å²) in [5.41, 5.74) is -0.516. The standard InChI is InChI=1S/C23H16N4O8S/c28-19-10-6-14(27(31)32)12-18(19)26-25-17-8-7-15-20(36(33,34)35)11-9-16(21(15)22(17)29)24-23(30)13-4-2-1-3-5-13/h1-12,28-29H,(H,24,30)(H,33,34,35). The first-order chi connectivity index (χ1) is 17.1. The number of carbonyl (C=O) groups excluding carboxylic acids is 1. The van der Waals surface area contributed by atoms with E-state index in [1.807, 2.05) is 0 Å². The van der Waals surface area contributed by atoms with Gasteiger partial charge < -0.3 is 15.5 Å². The zero-order valence-electron chi connectivity index (χ0n) is 18.1. The highest BCUT2D eigenvalue weighted by Gasteiger charge is 2.21. The number of nitro benzene ring substituents is 1. The molecule has 36 heavy (non-hydrogen) atoms. The van der Waals surface area contributed by atoms with Crippen LogP contribution in [0.2, 0.25) is 0 Å². The second-order valence-electron chi connectivity index (χ2n) is 7.39. The van der Waals surface area contributed by atoms with E-state index in [4.69, 9.17) is 0 Å². The van der Waals surface area contributed by atoms with E-state index in [0.717, 1.165) is 24.3 Å². The highest BCUT2D eigenvalue weighted by molar-refractivity contribution is 7.86. The van der Waals surface area contributed by atoms with E-state index < -0.39 is 37.3 Å². The Kier molecular flexibility index (Phi) is 6.33. The lowest BCUT2D eigenvalue weighted by Gasteiger charge is -2.13. The van der Waals surface area contributed by atoms with Gasteiger partial charge in [-0.05, 0) is 36.4 Å². The van der Waals surface area contributed by atoms with Crippen molar-refractivity contribution >= 4 is 49.5 Å². The monoisotopic (exact) mass is 508 g/mol. The number of hydrogen-bond donors (Lipinski definition) is 4. The molecule has 4 aromatic rings. The minimum Gasteiger partial charge on any atom is -0.506 e. The van der Waals surface area contributed by atoms with Crippen LogP contribution in [-0.4, -0.2) is 34.0 Å². The summed E-state index contributed by atoms with van der Waals surface area (Å²) in [6.07, 6.45) is 0. The number of carbonyl (C=O) groups is 1. The van der Waals surface area contributed by atoms with Crippen molar-refractivity contribution in [1.82, 2.24) is 0 Å². The maximum atomic E-state index is 12.7. The van der Waals surface area contributed by atoms with Gasteiger partial charge in [-0.25, -0.2) is 0 Å². The van der Waals surface area contributed by atoms with Crippen molar-refractivity contribution < 1.29 is 32.9 Å². The van der Waals surface area contributed by atoms with Gasteiger partial charge in [-0.15, -0.1) is 10.2 Å². The number of hydrogen-bond acceptors (Lipinski definition) is 9. The van der Waals surface area contributed by atoms with Crippen LogP contribution in [0.5, 0.6) is 11.5 Å². The molecule has 0 saturated carbocycles. The largest absolute Gasteiger partial charge is 0.506 e. The minimum atomic E-state index is -4.70. The van der Waals surface area contributed by atoms with Crippen LogP contribution < -0.4 is 5.32 Å². The number of anilines is 1. The first-order valence-electron chi connectivity index (χ1n) is 10.1. The van der Waals surface area contributed by atoms with Crippen LogP contribution in [0.1, 0.15) is 10.4 Å². The van der Waals surface area contributed by atoms with Crippen molar-refractivity contribution in [2.24, 2.45) is 10.2 Å². The molecule has 0 saturated heterocycles. The molecule has 1 amide bonds. The van der Waals surface area contributed by atoms with E-state index in [-0.39, 0.29) is 33.5 Å². The molecule has 12 nitrogen and oxygen atoms in total. The lowest BCUT2D eigenvalue weighted by atomic mass is 10.1. The van der Waals surface area contributed by atoms with E-state index in [0.29, 0.717) is 5.56 Å². The molecule has 0 fully saturated rings. The van der Waals surface area contributed by atoms with Gasteiger partial charge in [-0.1, -0.05) is 24.3 Å². The highest BCUT2D eigenvalue weighted by Crippen LogP contribution is 2.42. The average molecular weight is 508 g/mol. The van der Waals surface area contributed by atoms with E-state index in [1.54, 1.807) is 30.3 Å². The Balaban J connectivity index is 1.85. The number of fused-ring (bicyclic) bond motifs is 1. The molecule has 0 bridgehead atoms. The Morgan fingerprint density at radius 3 is 2.28 bits per heavy atom. The molecule has 4 aromatic carbocycles. The number of rotatable bonds is 6. The van der Waals surface area contributed by atoms with Gasteiger partial charge in [0, 0.05) is 23.1 Å². The fourth-order valence-corrected chi connectivity index (χ4v) is 4.09. The van der Waals surface area contributed by atoms with Crippen molar-refractivity contribution in [2.75, 3.05) is 5.32 Å². The fourth-order valence-electron chi connectivity index (χ4n) is 3.40. The Morgan fingerprint density at radius 2 is 1.61 bits per heavy atom. The van der Waals surface area contributed by atoms with E-state index in [9.17, 15) is 38.1 Å². The Morgan fingerprint density at radius 1 is 0.917 bits per heavy atom. The molecule has 0 radical (unpaired) electrons. The van der Waals surface area contributed by atoms with Crippen molar-refractivity contribution in [2.45, 2.75) is 4.90 Å². The molecular formula is C23H16N4O8S. The molecule has 0 aliphatic heterocycles. The lowest BCUT2D eigenvalue weighted by Crippen LogP contribution is -2.12. The molecule has 182 valence electrons. The van der Waals surface area contributed by atoms with E-state index in [1.165, 1.54) is 18.2 Å². The predicted molar refractivity (Wildman–Crippen MR) is 129 cm³/mol. The number of amides is 1. The van der Waals surface area contributed by atoms with Gasteiger partial charge in [0.05, 0.1) is 16.0 Å². The van der Waals surface area contributed by atoms with E-state index >= 15 is 0 Å². The number of nitrogens with one attached hydrogen (secondary N) is 1. The zero-order valence-corrected chi connectivity index (χ0v) is 18.9. The third-order valence-electron chi connectivity index (χ3n) is 5.09. The van der Waals surface area contributed by atoms with Crippen molar-refractivity contribution in [3.8, 4) is 11.5 Å². The molecule has 0 atom stereocenters. The van der Waals surface area contributed by atoms with Gasteiger partial charge in [0.15, 0.2) is 5.75 Å². The smallest absolute Gasteiger partial charge is 0.295 e. The number of phenols is 2. The average Bonchev–Trinajstić information content (AvgIpc) is 2.84. The molecule has 4 rings (SSSR count). The molecule has 0 unspecified atom stereocenters. The summed E-state index contributed by atoms with van der Waals surface area (Å²) in [6, 6.07) is 15.9. The minimum absolute atomic E-state index is 0.0130. The third-order valence-corrected chi connectivity index (χ3v) is 6.00. The summed E-state index contributed by atoms with van der Waals surface area (Å²) >= 11 is 0. The van der Waals surface area contributed by atoms with Crippen LogP contribution >= 0.6 is 0 Å². The first kappa shape index (κ1) is 24.3. The SMILES string of the molecule is O=C(Nc1ccc(S(=O)(=O)O)c2ccc(N=Nc3cc([N+](=O)[O-])ccc3O)c(O)c12)c1ccccc1. The van der Waals surface area contributed by atoms with Crippen molar-refractivity contribution in [3.05, 3.63) is 88.5 Å². The molecule has 4 N–H and O–H groups in total. The van der Waals surface area contributed by atoms with Gasteiger partial charge in [-0.3, -0.25) is 19.5 Å². The molecule has 0 aliphatic rings. The second-order valence-corrected chi connectivity index (χ2v) is 8.78. The number of azo groups is 1. The van der Waals surface area contributed by atoms with E-state index in [2.05, 4.69) is 15.5 Å². The van der Waals surface area contributed by atoms with Crippen LogP contribution in [0.25, 0.3) is 10.8 Å². The van der Waals surface area contributed by atoms with Crippen LogP contribution in [-0.2, 0) is 10.1 Å². The topological polar surface area (TPSA) is 192 Å². The van der Waals surface area contributed by atoms with Crippen LogP contribution in [0.3, 0.4) is 0 Å². The summed E-state index contributed by atoms with van der Waals surface area (Å²) in [4.78, 5) is 22.5. The Labute approximate surface area is 203 Å². The van der Waals surface area contributed by atoms with Crippen molar-refractivity contribution in [3.63, 3.8) is 0 Å². The van der Waals surface area contributed by atoms with Crippen LogP contribution in [0, 0.1) is 10.1 Å². The van der Waals surface area contributed by atoms with Crippen LogP contribution in [0.15, 0.2) is 87.9 Å². The predicted octanol–water partition coefficient (Wildman–Crippen LogP) is 5.07. The van der Waals surface area contributed by atoms with Gasteiger partial charge in [0.1, 0.15) is 22.0 Å². The van der Waals surface area contributed by atoms with Crippen LogP contribution in [0.4, 0.5) is 22.7 Å². The number of nitrogens with zero attached hydrogens (tertiary/aromatic N) is 3. The summed E-state index contributed by atoms with van der Waals surface area (Å²) < 4.78 is 33.4. The van der Waals surface area contributed by atoms with Crippen molar-refractivity contribution in [1.29, 1.82) is 0 Å². The third kappa shape index (κ3) is 4.82. The summed E-state index contributed by atoms with van der Waals surface area (Å²) in [7, 11) is -4.70. The Hall–Kier alpha value is -4.88. The fraction of sp³-hybridized carbons (Fsp3) is 0. The van der Waals surface area contributed by atoms with Gasteiger partial charge in [0.25, 0.3) is 21.7 Å². The lowest BCUT2D eigenvalue weighted by molar-refractivity contribution is -0.384. The summed E-state index contributed by atoms with van der Waals surface area (Å²) in [5, 5.41) is 41.8.